The van der Waals surface area contributed by atoms with E-state index in [1.807, 2.05) is 22.6 Å². The van der Waals surface area contributed by atoms with Gasteiger partial charge in [0.2, 0.25) is 0 Å². The van der Waals surface area contributed by atoms with Crippen LogP contribution in [0.1, 0.15) is 70.4 Å². The van der Waals surface area contributed by atoms with Crippen molar-refractivity contribution in [1.82, 2.24) is 29.5 Å². The van der Waals surface area contributed by atoms with Crippen molar-refractivity contribution in [2.24, 2.45) is 0 Å². The number of morpholine rings is 1. The summed E-state index contributed by atoms with van der Waals surface area (Å²) >= 11 is 0. The molecule has 0 saturated carbocycles. The maximum absolute atomic E-state index is 15.2. The number of alkyl halides is 1. The zero-order valence-electron chi connectivity index (χ0n) is 29.7. The van der Waals surface area contributed by atoms with Crippen molar-refractivity contribution in [1.29, 1.82) is 0 Å². The minimum absolute atomic E-state index is 0.0477. The first-order chi connectivity index (χ1) is 25.7. The Bertz CT molecular complexity index is 2120. The first kappa shape index (κ1) is 33.9. The van der Waals surface area contributed by atoms with Crippen molar-refractivity contribution in [3.8, 4) is 11.8 Å². The molecule has 2 amide bonds. The van der Waals surface area contributed by atoms with Crippen LogP contribution in [0.2, 0.25) is 0 Å². The molecule has 2 aromatic heterocycles. The van der Waals surface area contributed by atoms with Gasteiger partial charge in [0.25, 0.3) is 11.8 Å². The van der Waals surface area contributed by atoms with E-state index >= 15 is 4.39 Å². The number of amides is 2. The van der Waals surface area contributed by atoms with Gasteiger partial charge in [0.15, 0.2) is 5.69 Å². The lowest BCUT2D eigenvalue weighted by molar-refractivity contribution is 0.0298. The fourth-order valence-corrected chi connectivity index (χ4v) is 9.01. The van der Waals surface area contributed by atoms with Gasteiger partial charge in [-0.2, -0.15) is 15.1 Å². The lowest BCUT2D eigenvalue weighted by atomic mass is 9.95. The number of halogens is 2. The minimum atomic E-state index is -0.918. The molecule has 5 aliphatic heterocycles. The fourth-order valence-electron chi connectivity index (χ4n) is 9.01. The van der Waals surface area contributed by atoms with Crippen LogP contribution in [0.15, 0.2) is 30.3 Å². The molecule has 278 valence electrons. The maximum Gasteiger partial charge on any atom is 0.318 e. The summed E-state index contributed by atoms with van der Waals surface area (Å²) in [7, 11) is 0. The van der Waals surface area contributed by atoms with E-state index in [-0.39, 0.29) is 42.5 Å². The summed E-state index contributed by atoms with van der Waals surface area (Å²) in [5.41, 5.74) is 2.31. The summed E-state index contributed by atoms with van der Waals surface area (Å²) in [5, 5.41) is 16.6. The molecule has 0 radical (unpaired) electrons. The highest BCUT2D eigenvalue weighted by Crippen LogP contribution is 2.43. The van der Waals surface area contributed by atoms with Crippen LogP contribution in [-0.4, -0.2) is 111 Å². The number of ether oxygens (including phenoxy) is 2. The Hall–Kier alpha value is -4.89. The number of carbonyl (C=O) groups is 2. The molecule has 7 heterocycles. The molecule has 5 aliphatic rings. The minimum Gasteiger partial charge on any atom is -0.508 e. The maximum atomic E-state index is 15.2. The van der Waals surface area contributed by atoms with Crippen molar-refractivity contribution in [2.75, 3.05) is 62.3 Å². The summed E-state index contributed by atoms with van der Waals surface area (Å²) in [6.45, 7) is 6.75. The van der Waals surface area contributed by atoms with Crippen LogP contribution in [0.5, 0.6) is 11.8 Å². The molecule has 3 fully saturated rings. The van der Waals surface area contributed by atoms with E-state index in [0.29, 0.717) is 117 Å². The van der Waals surface area contributed by atoms with Crippen molar-refractivity contribution < 1.29 is 33.0 Å². The molecule has 2 atom stereocenters. The molecule has 0 aliphatic carbocycles. The van der Waals surface area contributed by atoms with Crippen LogP contribution >= 0.6 is 0 Å². The molecule has 4 aromatic rings. The van der Waals surface area contributed by atoms with Gasteiger partial charge in [-0.1, -0.05) is 13.0 Å². The molecule has 53 heavy (non-hydrogen) atoms. The van der Waals surface area contributed by atoms with Crippen molar-refractivity contribution in [3.63, 3.8) is 0 Å². The molecule has 3 saturated heterocycles. The monoisotopic (exact) mass is 728 g/mol. The Morgan fingerprint density at radius 1 is 1.08 bits per heavy atom. The number of aromatic hydroxyl groups is 1. The molecule has 2 aromatic carbocycles. The molecular formula is C38H42F2N8O5. The van der Waals surface area contributed by atoms with Crippen molar-refractivity contribution in [2.45, 2.75) is 70.4 Å². The normalized spacial score (nSPS) is 23.0. The number of phenolic OH excluding ortho intramolecular Hbond substituents is 1. The number of hydrogen-bond acceptors (Lipinski definition) is 10. The third-order valence-corrected chi connectivity index (χ3v) is 11.5. The van der Waals surface area contributed by atoms with Crippen LogP contribution < -0.4 is 14.5 Å². The number of nitrogens with zero attached hydrogens (tertiary/aromatic N) is 8. The van der Waals surface area contributed by atoms with Gasteiger partial charge >= 0.3 is 6.01 Å². The topological polar surface area (TPSA) is 129 Å². The first-order valence-corrected chi connectivity index (χ1v) is 18.6. The van der Waals surface area contributed by atoms with Crippen LogP contribution in [-0.2, 0) is 30.8 Å². The molecular weight excluding hydrogens is 686 g/mol. The summed E-state index contributed by atoms with van der Waals surface area (Å²) in [5.74, 6) is -0.574. The van der Waals surface area contributed by atoms with Crippen LogP contribution in [0.25, 0.3) is 10.8 Å². The number of rotatable bonds is 7. The number of aromatic nitrogens is 4. The Morgan fingerprint density at radius 2 is 1.92 bits per heavy atom. The molecule has 0 spiro atoms. The number of benzene rings is 2. The van der Waals surface area contributed by atoms with Gasteiger partial charge in [0, 0.05) is 50.6 Å². The van der Waals surface area contributed by atoms with E-state index < -0.39 is 11.7 Å². The lowest BCUT2D eigenvalue weighted by Crippen LogP contribution is -2.43. The second-order valence-electron chi connectivity index (χ2n) is 14.8. The zero-order chi connectivity index (χ0) is 36.4. The third-order valence-electron chi connectivity index (χ3n) is 11.5. The van der Waals surface area contributed by atoms with Gasteiger partial charge in [-0.15, -0.1) is 0 Å². The van der Waals surface area contributed by atoms with Crippen LogP contribution in [0.3, 0.4) is 0 Å². The average Bonchev–Trinajstić information content (AvgIpc) is 3.88. The summed E-state index contributed by atoms with van der Waals surface area (Å²) in [6.07, 6.45) is 2.30. The van der Waals surface area contributed by atoms with E-state index in [1.54, 1.807) is 17.0 Å². The second-order valence-corrected chi connectivity index (χ2v) is 14.8. The lowest BCUT2D eigenvalue weighted by Gasteiger charge is -2.31. The summed E-state index contributed by atoms with van der Waals surface area (Å²) in [4.78, 5) is 45.1. The van der Waals surface area contributed by atoms with Gasteiger partial charge in [0.1, 0.15) is 35.7 Å². The van der Waals surface area contributed by atoms with Gasteiger partial charge < -0.3 is 29.3 Å². The third kappa shape index (κ3) is 5.84. The summed E-state index contributed by atoms with van der Waals surface area (Å²) in [6, 6.07) is 7.95. The number of hydrogen-bond donors (Lipinski definition) is 1. The smallest absolute Gasteiger partial charge is 0.318 e. The average molecular weight is 729 g/mol. The van der Waals surface area contributed by atoms with Crippen molar-refractivity contribution >= 4 is 34.1 Å². The first-order valence-electron chi connectivity index (χ1n) is 18.6. The Morgan fingerprint density at radius 3 is 2.75 bits per heavy atom. The van der Waals surface area contributed by atoms with E-state index in [4.69, 9.17) is 19.4 Å². The van der Waals surface area contributed by atoms with Crippen LogP contribution in [0, 0.1) is 5.82 Å². The highest BCUT2D eigenvalue weighted by atomic mass is 19.1. The molecule has 13 nitrogen and oxygen atoms in total. The fraction of sp³-hybridized carbons (Fsp3) is 0.500. The SMILES string of the molecule is CCc1c(F)ccc2cc(O)cc(N3Cc4nc(OC[C@@]56CCCN5C[C@H](F)C6)nc(N5CCCn6nc(C(=O)N7CCOCC7)cc6C5)c4C3=O)c12. The van der Waals surface area contributed by atoms with E-state index in [2.05, 4.69) is 10.00 Å². The highest BCUT2D eigenvalue weighted by molar-refractivity contribution is 6.16. The van der Waals surface area contributed by atoms with Gasteiger partial charge in [-0.05, 0) is 61.4 Å². The highest BCUT2D eigenvalue weighted by Gasteiger charge is 2.49. The predicted molar refractivity (Wildman–Crippen MR) is 191 cm³/mol. The molecule has 0 bridgehead atoms. The molecule has 9 rings (SSSR count). The predicted octanol–water partition coefficient (Wildman–Crippen LogP) is 4.23. The van der Waals surface area contributed by atoms with Gasteiger partial charge in [0.05, 0.1) is 48.9 Å². The number of carbonyl (C=O) groups excluding carboxylic acids is 2. The van der Waals surface area contributed by atoms with Gasteiger partial charge in [-0.25, -0.2) is 8.78 Å². The van der Waals surface area contributed by atoms with Crippen molar-refractivity contribution in [3.05, 3.63) is 64.4 Å². The zero-order valence-corrected chi connectivity index (χ0v) is 29.7. The molecule has 0 unspecified atom stereocenters. The molecule has 15 heteroatoms. The Labute approximate surface area is 305 Å². The second kappa shape index (κ2) is 13.2. The number of phenols is 1. The Kier molecular flexibility index (Phi) is 8.45. The molecule has 1 N–H and O–H groups in total. The number of aryl methyl sites for hydroxylation is 2. The number of anilines is 2. The van der Waals surface area contributed by atoms with E-state index in [1.165, 1.54) is 17.0 Å². The van der Waals surface area contributed by atoms with Crippen LogP contribution in [0.4, 0.5) is 20.3 Å². The largest absolute Gasteiger partial charge is 0.508 e. The quantitative estimate of drug-likeness (QED) is 0.295. The summed E-state index contributed by atoms with van der Waals surface area (Å²) < 4.78 is 43.4. The Balaban J connectivity index is 1.10. The van der Waals surface area contributed by atoms with E-state index in [9.17, 15) is 19.1 Å². The standard InChI is InChI=1S/C38H42F2N8O5/c1-2-27-28(40)6-5-23-15-26(49)17-31(32(23)27)47-21-30-33(36(47)51)34(42-37(41-30)53-22-38-7-3-9-46(38)19-24(39)18-38)45-8-4-10-48-25(20-45)16-29(43-48)35(50)44-11-13-52-14-12-44/h5-6,15-17,24,49H,2-4,7-14,18-22H2,1H3/t24-,38+/m1/s1. The van der Waals surface area contributed by atoms with Gasteiger partial charge in [-0.3, -0.25) is 19.2 Å². The van der Waals surface area contributed by atoms with E-state index in [0.717, 1.165) is 25.1 Å². The number of fused-ring (bicyclic) bond motifs is 4.